The fourth-order valence-corrected chi connectivity index (χ4v) is 2.58. The maximum atomic E-state index is 6.01. The number of nitrogens with one attached hydrogen (secondary N) is 1. The van der Waals surface area contributed by atoms with E-state index in [1.165, 1.54) is 0 Å². The number of nitrogens with zero attached hydrogens (tertiary/aromatic N) is 3. The summed E-state index contributed by atoms with van der Waals surface area (Å²) in [5.74, 6) is 0. The summed E-state index contributed by atoms with van der Waals surface area (Å²) in [7, 11) is 1.89. The zero-order valence-corrected chi connectivity index (χ0v) is 13.2. The second kappa shape index (κ2) is 5.54. The van der Waals surface area contributed by atoms with Gasteiger partial charge in [0.1, 0.15) is 0 Å². The molecule has 1 aromatic carbocycles. The SMILES string of the molecule is Cc1nn(C)c2ncc(NCc3ccc(Cl)c(Cl)c3)cc12. The molecule has 0 saturated heterocycles. The van der Waals surface area contributed by atoms with Crippen LogP contribution in [0.15, 0.2) is 30.5 Å². The fourth-order valence-electron chi connectivity index (χ4n) is 2.26. The molecule has 2 aromatic heterocycles. The highest BCUT2D eigenvalue weighted by molar-refractivity contribution is 6.42. The first-order valence-corrected chi connectivity index (χ1v) is 7.27. The molecule has 0 aliphatic heterocycles. The highest BCUT2D eigenvalue weighted by Crippen LogP contribution is 2.24. The molecule has 0 saturated carbocycles. The second-order valence-corrected chi connectivity index (χ2v) is 5.72. The van der Waals surface area contributed by atoms with Gasteiger partial charge in [-0.3, -0.25) is 4.68 Å². The van der Waals surface area contributed by atoms with Gasteiger partial charge in [-0.05, 0) is 30.7 Å². The van der Waals surface area contributed by atoms with E-state index < -0.39 is 0 Å². The van der Waals surface area contributed by atoms with Crippen LogP contribution in [0, 0.1) is 6.92 Å². The Hall–Kier alpha value is -1.78. The van der Waals surface area contributed by atoms with Crippen molar-refractivity contribution in [1.82, 2.24) is 14.8 Å². The van der Waals surface area contributed by atoms with E-state index in [1.54, 1.807) is 16.9 Å². The largest absolute Gasteiger partial charge is 0.380 e. The molecule has 21 heavy (non-hydrogen) atoms. The van der Waals surface area contributed by atoms with Crippen LogP contribution in [0.25, 0.3) is 11.0 Å². The van der Waals surface area contributed by atoms with Gasteiger partial charge in [0.15, 0.2) is 5.65 Å². The molecule has 0 aliphatic carbocycles. The molecule has 0 fully saturated rings. The van der Waals surface area contributed by atoms with Crippen LogP contribution in [0.3, 0.4) is 0 Å². The summed E-state index contributed by atoms with van der Waals surface area (Å²) >= 11 is 11.9. The summed E-state index contributed by atoms with van der Waals surface area (Å²) in [6.45, 7) is 2.64. The Morgan fingerprint density at radius 2 is 2.00 bits per heavy atom. The molecule has 0 unspecified atom stereocenters. The molecule has 3 aromatic rings. The van der Waals surface area contributed by atoms with Gasteiger partial charge in [-0.2, -0.15) is 5.10 Å². The van der Waals surface area contributed by atoms with Crippen molar-refractivity contribution < 1.29 is 0 Å². The Morgan fingerprint density at radius 3 is 2.76 bits per heavy atom. The summed E-state index contributed by atoms with van der Waals surface area (Å²) in [4.78, 5) is 4.44. The zero-order valence-electron chi connectivity index (χ0n) is 11.7. The number of pyridine rings is 1. The Balaban J connectivity index is 1.81. The summed E-state index contributed by atoms with van der Waals surface area (Å²) < 4.78 is 1.79. The molecule has 1 N–H and O–H groups in total. The second-order valence-electron chi connectivity index (χ2n) is 4.91. The van der Waals surface area contributed by atoms with E-state index in [0.29, 0.717) is 16.6 Å². The fraction of sp³-hybridized carbons (Fsp3) is 0.200. The van der Waals surface area contributed by atoms with Gasteiger partial charge in [-0.25, -0.2) is 4.98 Å². The lowest BCUT2D eigenvalue weighted by Crippen LogP contribution is -2.00. The van der Waals surface area contributed by atoms with Gasteiger partial charge >= 0.3 is 0 Å². The van der Waals surface area contributed by atoms with Crippen molar-refractivity contribution in [3.63, 3.8) is 0 Å². The first kappa shape index (κ1) is 14.2. The van der Waals surface area contributed by atoms with Crippen molar-refractivity contribution >= 4 is 39.9 Å². The van der Waals surface area contributed by atoms with Crippen molar-refractivity contribution in [2.45, 2.75) is 13.5 Å². The van der Waals surface area contributed by atoms with E-state index in [4.69, 9.17) is 23.2 Å². The van der Waals surface area contributed by atoms with Crippen LogP contribution in [0.5, 0.6) is 0 Å². The van der Waals surface area contributed by atoms with E-state index in [2.05, 4.69) is 21.5 Å². The van der Waals surface area contributed by atoms with Gasteiger partial charge in [0.05, 0.1) is 27.6 Å². The number of hydrogen-bond acceptors (Lipinski definition) is 3. The third kappa shape index (κ3) is 2.82. The summed E-state index contributed by atoms with van der Waals surface area (Å²) in [6, 6.07) is 7.66. The van der Waals surface area contributed by atoms with Crippen LogP contribution in [-0.2, 0) is 13.6 Å². The maximum Gasteiger partial charge on any atom is 0.157 e. The van der Waals surface area contributed by atoms with Gasteiger partial charge < -0.3 is 5.32 Å². The lowest BCUT2D eigenvalue weighted by molar-refractivity contribution is 0.774. The normalized spacial score (nSPS) is 11.0. The minimum Gasteiger partial charge on any atom is -0.380 e. The van der Waals surface area contributed by atoms with E-state index in [9.17, 15) is 0 Å². The third-order valence-electron chi connectivity index (χ3n) is 3.34. The number of rotatable bonds is 3. The molecule has 0 spiro atoms. The Bertz CT molecular complexity index is 811. The molecule has 0 aliphatic rings. The number of benzene rings is 1. The lowest BCUT2D eigenvalue weighted by atomic mass is 10.2. The molecule has 0 bridgehead atoms. The van der Waals surface area contributed by atoms with Crippen LogP contribution in [0.2, 0.25) is 10.0 Å². The lowest BCUT2D eigenvalue weighted by Gasteiger charge is -2.07. The van der Waals surface area contributed by atoms with Crippen LogP contribution in [0.4, 0.5) is 5.69 Å². The maximum absolute atomic E-state index is 6.01. The predicted octanol–water partition coefficient (Wildman–Crippen LogP) is 4.20. The van der Waals surface area contributed by atoms with Crippen molar-refractivity contribution in [3.05, 3.63) is 51.8 Å². The van der Waals surface area contributed by atoms with E-state index in [-0.39, 0.29) is 0 Å². The summed E-state index contributed by atoms with van der Waals surface area (Å²) in [5.41, 5.74) is 3.86. The smallest absolute Gasteiger partial charge is 0.157 e. The molecular formula is C15H14Cl2N4. The number of aryl methyl sites for hydroxylation is 2. The van der Waals surface area contributed by atoms with E-state index >= 15 is 0 Å². The first-order valence-electron chi connectivity index (χ1n) is 6.52. The molecular weight excluding hydrogens is 307 g/mol. The third-order valence-corrected chi connectivity index (χ3v) is 4.08. The molecule has 6 heteroatoms. The quantitative estimate of drug-likeness (QED) is 0.786. The topological polar surface area (TPSA) is 42.7 Å². The van der Waals surface area contributed by atoms with Gasteiger partial charge in [0.25, 0.3) is 0 Å². The van der Waals surface area contributed by atoms with Gasteiger partial charge in [-0.15, -0.1) is 0 Å². The van der Waals surface area contributed by atoms with Gasteiger partial charge in [0, 0.05) is 19.0 Å². The average Bonchev–Trinajstić information content (AvgIpc) is 2.75. The Morgan fingerprint density at radius 1 is 1.19 bits per heavy atom. The van der Waals surface area contributed by atoms with E-state index in [0.717, 1.165) is 28.0 Å². The summed E-state index contributed by atoms with van der Waals surface area (Å²) in [5, 5.41) is 9.88. The molecule has 4 nitrogen and oxygen atoms in total. The number of hydrogen-bond donors (Lipinski definition) is 1. The predicted molar refractivity (Wildman–Crippen MR) is 87.0 cm³/mol. The Kier molecular flexibility index (Phi) is 3.74. The molecule has 0 amide bonds. The van der Waals surface area contributed by atoms with Crippen molar-refractivity contribution in [3.8, 4) is 0 Å². The minimum absolute atomic E-state index is 0.563. The zero-order chi connectivity index (χ0) is 15.0. The van der Waals surface area contributed by atoms with Crippen molar-refractivity contribution in [2.24, 2.45) is 7.05 Å². The number of halogens is 2. The first-order chi connectivity index (χ1) is 10.0. The number of fused-ring (bicyclic) bond motifs is 1. The molecule has 3 rings (SSSR count). The Labute approximate surface area is 132 Å². The van der Waals surface area contributed by atoms with Gasteiger partial charge in [-0.1, -0.05) is 29.3 Å². The van der Waals surface area contributed by atoms with Crippen molar-refractivity contribution in [2.75, 3.05) is 5.32 Å². The monoisotopic (exact) mass is 320 g/mol. The number of aromatic nitrogens is 3. The molecule has 108 valence electrons. The van der Waals surface area contributed by atoms with Crippen LogP contribution >= 0.6 is 23.2 Å². The average molecular weight is 321 g/mol. The van der Waals surface area contributed by atoms with Crippen molar-refractivity contribution in [1.29, 1.82) is 0 Å². The highest BCUT2D eigenvalue weighted by Gasteiger charge is 2.07. The minimum atomic E-state index is 0.563. The van der Waals surface area contributed by atoms with Gasteiger partial charge in [0.2, 0.25) is 0 Å². The van der Waals surface area contributed by atoms with Crippen LogP contribution < -0.4 is 5.32 Å². The molecule has 0 radical (unpaired) electrons. The number of anilines is 1. The molecule has 0 atom stereocenters. The van der Waals surface area contributed by atoms with Crippen LogP contribution in [0.1, 0.15) is 11.3 Å². The standard InChI is InChI=1S/C15H14Cl2N4/c1-9-12-6-11(8-19-15(12)21(2)20-9)18-7-10-3-4-13(16)14(17)5-10/h3-6,8,18H,7H2,1-2H3. The van der Waals surface area contributed by atoms with E-state index in [1.807, 2.05) is 26.1 Å². The summed E-state index contributed by atoms with van der Waals surface area (Å²) in [6.07, 6.45) is 1.81. The highest BCUT2D eigenvalue weighted by atomic mass is 35.5. The van der Waals surface area contributed by atoms with Crippen LogP contribution in [-0.4, -0.2) is 14.8 Å². The molecule has 2 heterocycles.